The van der Waals surface area contributed by atoms with Crippen molar-refractivity contribution in [2.24, 2.45) is 5.92 Å². The SMILES string of the molecule is CC(C)CC(C)NC(C)c1cccs1. The Balaban J connectivity index is 2.37. The first-order valence-corrected chi connectivity index (χ1v) is 6.27. The number of rotatable bonds is 5. The molecule has 0 saturated carbocycles. The summed E-state index contributed by atoms with van der Waals surface area (Å²) in [4.78, 5) is 1.43. The van der Waals surface area contributed by atoms with Crippen LogP contribution in [0.1, 0.15) is 45.0 Å². The molecule has 0 fully saturated rings. The molecule has 0 aliphatic carbocycles. The molecule has 2 atom stereocenters. The van der Waals surface area contributed by atoms with Crippen molar-refractivity contribution in [3.63, 3.8) is 0 Å². The summed E-state index contributed by atoms with van der Waals surface area (Å²) in [5, 5.41) is 5.76. The van der Waals surface area contributed by atoms with Crippen molar-refractivity contribution in [3.8, 4) is 0 Å². The van der Waals surface area contributed by atoms with Gasteiger partial charge in [-0.05, 0) is 37.6 Å². The maximum atomic E-state index is 3.62. The molecule has 1 heterocycles. The summed E-state index contributed by atoms with van der Waals surface area (Å²) in [6.07, 6.45) is 1.25. The van der Waals surface area contributed by atoms with Crippen LogP contribution in [0.15, 0.2) is 17.5 Å². The van der Waals surface area contributed by atoms with Crippen LogP contribution in [-0.4, -0.2) is 6.04 Å². The Labute approximate surface area is 91.5 Å². The molecule has 0 saturated heterocycles. The van der Waals surface area contributed by atoms with E-state index in [-0.39, 0.29) is 0 Å². The van der Waals surface area contributed by atoms with Crippen molar-refractivity contribution in [2.75, 3.05) is 0 Å². The Morgan fingerprint density at radius 1 is 1.29 bits per heavy atom. The predicted molar refractivity (Wildman–Crippen MR) is 64.8 cm³/mol. The molecule has 2 unspecified atom stereocenters. The molecular weight excluding hydrogens is 190 g/mol. The zero-order chi connectivity index (χ0) is 10.6. The van der Waals surface area contributed by atoms with Gasteiger partial charge >= 0.3 is 0 Å². The van der Waals surface area contributed by atoms with Gasteiger partial charge in [0.1, 0.15) is 0 Å². The number of nitrogens with one attached hydrogen (secondary N) is 1. The fraction of sp³-hybridized carbons (Fsp3) is 0.667. The van der Waals surface area contributed by atoms with Gasteiger partial charge < -0.3 is 5.32 Å². The van der Waals surface area contributed by atoms with E-state index >= 15 is 0 Å². The van der Waals surface area contributed by atoms with Gasteiger partial charge in [0.2, 0.25) is 0 Å². The molecule has 0 bridgehead atoms. The molecule has 0 aliphatic rings. The second kappa shape index (κ2) is 5.52. The molecule has 1 N–H and O–H groups in total. The summed E-state index contributed by atoms with van der Waals surface area (Å²) in [6, 6.07) is 5.41. The summed E-state index contributed by atoms with van der Waals surface area (Å²) in [7, 11) is 0. The molecule has 0 spiro atoms. The number of thiophene rings is 1. The minimum absolute atomic E-state index is 0.490. The standard InChI is InChI=1S/C12H21NS/c1-9(2)8-10(3)13-11(4)12-6-5-7-14-12/h5-7,9-11,13H,8H2,1-4H3. The van der Waals surface area contributed by atoms with Crippen molar-refractivity contribution in [2.45, 2.75) is 46.2 Å². The highest BCUT2D eigenvalue weighted by Gasteiger charge is 2.10. The van der Waals surface area contributed by atoms with Gasteiger partial charge in [-0.1, -0.05) is 19.9 Å². The van der Waals surface area contributed by atoms with Crippen LogP contribution in [0, 0.1) is 5.92 Å². The van der Waals surface area contributed by atoms with E-state index in [2.05, 4.69) is 50.5 Å². The Morgan fingerprint density at radius 2 is 2.00 bits per heavy atom. The van der Waals surface area contributed by atoms with Crippen molar-refractivity contribution >= 4 is 11.3 Å². The first-order valence-electron chi connectivity index (χ1n) is 5.39. The van der Waals surface area contributed by atoms with E-state index in [0.29, 0.717) is 12.1 Å². The lowest BCUT2D eigenvalue weighted by atomic mass is 10.0. The van der Waals surface area contributed by atoms with Gasteiger partial charge in [-0.25, -0.2) is 0 Å². The lowest BCUT2D eigenvalue weighted by molar-refractivity contribution is 0.409. The molecule has 1 rings (SSSR count). The Bertz CT molecular complexity index is 241. The van der Waals surface area contributed by atoms with Gasteiger partial charge in [0, 0.05) is 17.0 Å². The third-order valence-electron chi connectivity index (χ3n) is 2.33. The van der Waals surface area contributed by atoms with Gasteiger partial charge in [-0.3, -0.25) is 0 Å². The first-order chi connectivity index (χ1) is 6.59. The van der Waals surface area contributed by atoms with Crippen molar-refractivity contribution < 1.29 is 0 Å². The third kappa shape index (κ3) is 3.81. The van der Waals surface area contributed by atoms with Gasteiger partial charge in [0.15, 0.2) is 0 Å². The molecule has 2 heteroatoms. The molecule has 0 radical (unpaired) electrons. The first kappa shape index (κ1) is 11.7. The molecule has 14 heavy (non-hydrogen) atoms. The minimum atomic E-state index is 0.490. The minimum Gasteiger partial charge on any atom is -0.307 e. The highest BCUT2D eigenvalue weighted by Crippen LogP contribution is 2.19. The second-order valence-electron chi connectivity index (χ2n) is 4.43. The average Bonchev–Trinajstić information content (AvgIpc) is 2.53. The Hall–Kier alpha value is -0.340. The van der Waals surface area contributed by atoms with Crippen molar-refractivity contribution in [1.82, 2.24) is 5.32 Å². The van der Waals surface area contributed by atoms with E-state index in [0.717, 1.165) is 5.92 Å². The smallest absolute Gasteiger partial charge is 0.0388 e. The zero-order valence-corrected chi connectivity index (χ0v) is 10.4. The van der Waals surface area contributed by atoms with Crippen LogP contribution in [0.2, 0.25) is 0 Å². The van der Waals surface area contributed by atoms with Gasteiger partial charge in [0.25, 0.3) is 0 Å². The van der Waals surface area contributed by atoms with Gasteiger partial charge in [0.05, 0.1) is 0 Å². The molecule has 1 nitrogen and oxygen atoms in total. The molecule has 0 aliphatic heterocycles. The quantitative estimate of drug-likeness (QED) is 0.780. The summed E-state index contributed by atoms with van der Waals surface area (Å²) >= 11 is 1.83. The Morgan fingerprint density at radius 3 is 2.50 bits per heavy atom. The zero-order valence-electron chi connectivity index (χ0n) is 9.58. The van der Waals surface area contributed by atoms with Gasteiger partial charge in [-0.15, -0.1) is 11.3 Å². The van der Waals surface area contributed by atoms with E-state index in [9.17, 15) is 0 Å². The number of hydrogen-bond donors (Lipinski definition) is 1. The van der Waals surface area contributed by atoms with Crippen molar-refractivity contribution in [1.29, 1.82) is 0 Å². The van der Waals surface area contributed by atoms with E-state index in [1.54, 1.807) is 0 Å². The maximum absolute atomic E-state index is 3.62. The molecule has 1 aromatic rings. The fourth-order valence-corrected chi connectivity index (χ4v) is 2.57. The normalized spacial score (nSPS) is 15.8. The third-order valence-corrected chi connectivity index (χ3v) is 3.38. The molecular formula is C12H21NS. The fourth-order valence-electron chi connectivity index (χ4n) is 1.82. The predicted octanol–water partition coefficient (Wildman–Crippen LogP) is 3.83. The molecule has 0 aromatic carbocycles. The van der Waals surface area contributed by atoms with Gasteiger partial charge in [-0.2, -0.15) is 0 Å². The van der Waals surface area contributed by atoms with Crippen LogP contribution in [0.5, 0.6) is 0 Å². The number of hydrogen-bond acceptors (Lipinski definition) is 2. The topological polar surface area (TPSA) is 12.0 Å². The van der Waals surface area contributed by atoms with Crippen LogP contribution in [0.4, 0.5) is 0 Å². The largest absolute Gasteiger partial charge is 0.307 e. The summed E-state index contributed by atoms with van der Waals surface area (Å²) in [5.74, 6) is 0.771. The monoisotopic (exact) mass is 211 g/mol. The summed E-state index contributed by atoms with van der Waals surface area (Å²) in [6.45, 7) is 9.05. The molecule has 80 valence electrons. The average molecular weight is 211 g/mol. The van der Waals surface area contributed by atoms with E-state index in [1.165, 1.54) is 11.3 Å². The molecule has 0 amide bonds. The van der Waals surface area contributed by atoms with Crippen LogP contribution in [0.3, 0.4) is 0 Å². The van der Waals surface area contributed by atoms with Crippen LogP contribution < -0.4 is 5.32 Å². The summed E-state index contributed by atoms with van der Waals surface area (Å²) in [5.41, 5.74) is 0. The maximum Gasteiger partial charge on any atom is 0.0388 e. The van der Waals surface area contributed by atoms with E-state index in [4.69, 9.17) is 0 Å². The van der Waals surface area contributed by atoms with E-state index in [1.807, 2.05) is 11.3 Å². The second-order valence-corrected chi connectivity index (χ2v) is 5.41. The highest BCUT2D eigenvalue weighted by molar-refractivity contribution is 7.10. The lowest BCUT2D eigenvalue weighted by Crippen LogP contribution is -2.29. The highest BCUT2D eigenvalue weighted by atomic mass is 32.1. The lowest BCUT2D eigenvalue weighted by Gasteiger charge is -2.20. The Kier molecular flexibility index (Phi) is 4.63. The van der Waals surface area contributed by atoms with Crippen LogP contribution >= 0.6 is 11.3 Å². The van der Waals surface area contributed by atoms with Crippen molar-refractivity contribution in [3.05, 3.63) is 22.4 Å². The van der Waals surface area contributed by atoms with Crippen LogP contribution in [-0.2, 0) is 0 Å². The summed E-state index contributed by atoms with van der Waals surface area (Å²) < 4.78 is 0. The molecule has 1 aromatic heterocycles. The van der Waals surface area contributed by atoms with E-state index < -0.39 is 0 Å². The van der Waals surface area contributed by atoms with Crippen LogP contribution in [0.25, 0.3) is 0 Å².